The minimum Gasteiger partial charge on any atom is -0.494 e. The van der Waals surface area contributed by atoms with Gasteiger partial charge in [0.2, 0.25) is 0 Å². The molecule has 0 amide bonds. The van der Waals surface area contributed by atoms with Crippen molar-refractivity contribution in [1.82, 2.24) is 0 Å². The van der Waals surface area contributed by atoms with Crippen molar-refractivity contribution in [2.45, 2.75) is 159 Å². The van der Waals surface area contributed by atoms with E-state index in [4.69, 9.17) is 23.7 Å². The van der Waals surface area contributed by atoms with Gasteiger partial charge in [0.25, 0.3) is 0 Å². The number of ether oxygens (including phenoxy) is 5. The van der Waals surface area contributed by atoms with Gasteiger partial charge in [0.15, 0.2) is 5.78 Å². The number of fused-ring (bicyclic) bond motifs is 3. The summed E-state index contributed by atoms with van der Waals surface area (Å²) in [6.45, 7) is 7.67. The normalized spacial score (nSPS) is 18.4. The highest BCUT2D eigenvalue weighted by molar-refractivity contribution is 5.94. The van der Waals surface area contributed by atoms with Crippen LogP contribution in [0.3, 0.4) is 0 Å². The van der Waals surface area contributed by atoms with Crippen LogP contribution in [0.4, 0.5) is 0 Å². The predicted molar refractivity (Wildman–Crippen MR) is 221 cm³/mol. The lowest BCUT2D eigenvalue weighted by Crippen LogP contribution is -2.53. The summed E-state index contributed by atoms with van der Waals surface area (Å²) in [5.74, 6) is 6.46. The van der Waals surface area contributed by atoms with Gasteiger partial charge in [-0.25, -0.2) is 9.59 Å². The molecule has 0 saturated heterocycles. The smallest absolute Gasteiger partial charge is 0.385 e. The fraction of sp³-hybridized carbons (Fsp3) is 0.604. The topological polar surface area (TPSA) is 97.4 Å². The SMILES string of the molecule is C=C(C)C(=O)CCCCCCCCOc1ccc(C#CC(=O)OC23CCC(OC(=O)c4ccc(OCCCCCCCCCCCOC)cc4)(CC2)CC3)cc1. The summed E-state index contributed by atoms with van der Waals surface area (Å²) in [4.78, 5) is 37.5. The monoisotopic (exact) mass is 770 g/mol. The second kappa shape index (κ2) is 24.5. The molecule has 2 aromatic carbocycles. The first kappa shape index (κ1) is 44.6. The van der Waals surface area contributed by atoms with Crippen molar-refractivity contribution in [2.75, 3.05) is 26.9 Å². The van der Waals surface area contributed by atoms with E-state index in [0.29, 0.717) is 69.3 Å². The van der Waals surface area contributed by atoms with Crippen molar-refractivity contribution in [3.05, 3.63) is 71.8 Å². The number of hydrogen-bond acceptors (Lipinski definition) is 8. The first-order chi connectivity index (χ1) is 27.2. The highest BCUT2D eigenvalue weighted by atomic mass is 16.6. The Bertz CT molecular complexity index is 1540. The molecular weight excluding hydrogens is 705 g/mol. The van der Waals surface area contributed by atoms with Crippen LogP contribution < -0.4 is 9.47 Å². The summed E-state index contributed by atoms with van der Waals surface area (Å²) in [6.07, 6.45) is 21.9. The van der Waals surface area contributed by atoms with Gasteiger partial charge in [0.1, 0.15) is 22.7 Å². The second-order valence-electron chi connectivity index (χ2n) is 15.9. The molecule has 2 aromatic rings. The van der Waals surface area contributed by atoms with Gasteiger partial charge in [-0.15, -0.1) is 0 Å². The maximum absolute atomic E-state index is 13.1. The van der Waals surface area contributed by atoms with Gasteiger partial charge in [-0.05, 0) is 125 Å². The third-order valence-electron chi connectivity index (χ3n) is 11.3. The third kappa shape index (κ3) is 16.2. The number of carbonyl (C=O) groups is 3. The van der Waals surface area contributed by atoms with Gasteiger partial charge in [-0.2, -0.15) is 0 Å². The molecule has 8 nitrogen and oxygen atoms in total. The average molecular weight is 771 g/mol. The first-order valence-corrected chi connectivity index (χ1v) is 21.3. The standard InChI is InChI=1S/C48H66O8/c1-39(2)44(49)19-15-11-7-10-14-18-37-53-42-25-20-40(21-26-42)22-29-45(50)55-47-30-33-48(34-31-47,35-32-47)56-46(51)41-23-27-43(28-24-41)54-38-17-13-9-6-4-5-8-12-16-36-52-3/h20-21,23-28H,1,4-19,30-38H2,2-3H3. The van der Waals surface area contributed by atoms with Gasteiger partial charge in [-0.3, -0.25) is 4.79 Å². The molecule has 0 unspecified atom stereocenters. The molecule has 3 aliphatic rings. The molecule has 0 N–H and O–H groups in total. The number of rotatable bonds is 27. The molecule has 0 heterocycles. The largest absolute Gasteiger partial charge is 0.494 e. The molecule has 8 heteroatoms. The lowest BCUT2D eigenvalue weighted by atomic mass is 9.65. The van der Waals surface area contributed by atoms with Crippen molar-refractivity contribution >= 4 is 17.7 Å². The van der Waals surface area contributed by atoms with E-state index in [2.05, 4.69) is 18.4 Å². The zero-order valence-electron chi connectivity index (χ0n) is 34.3. The molecule has 3 fully saturated rings. The van der Waals surface area contributed by atoms with Crippen LogP contribution >= 0.6 is 0 Å². The molecule has 0 spiro atoms. The Morgan fingerprint density at radius 1 is 0.589 bits per heavy atom. The van der Waals surface area contributed by atoms with Gasteiger partial charge in [-0.1, -0.05) is 83.1 Å². The Morgan fingerprint density at radius 2 is 1.02 bits per heavy atom. The lowest BCUT2D eigenvalue weighted by molar-refractivity contribution is -0.181. The summed E-state index contributed by atoms with van der Waals surface area (Å²) in [6, 6.07) is 14.7. The highest BCUT2D eigenvalue weighted by Gasteiger charge is 2.53. The van der Waals surface area contributed by atoms with E-state index in [1.807, 2.05) is 36.4 Å². The molecule has 306 valence electrons. The third-order valence-corrected chi connectivity index (χ3v) is 11.3. The molecule has 2 bridgehead atoms. The average Bonchev–Trinajstić information content (AvgIpc) is 3.21. The Morgan fingerprint density at radius 3 is 1.50 bits per heavy atom. The first-order valence-electron chi connectivity index (χ1n) is 21.3. The van der Waals surface area contributed by atoms with Gasteiger partial charge >= 0.3 is 11.9 Å². The molecule has 5 rings (SSSR count). The Balaban J connectivity index is 1.06. The van der Waals surface area contributed by atoms with E-state index in [1.54, 1.807) is 26.2 Å². The van der Waals surface area contributed by atoms with E-state index < -0.39 is 17.2 Å². The van der Waals surface area contributed by atoms with Crippen LogP contribution in [0.1, 0.15) is 164 Å². The predicted octanol–water partition coefficient (Wildman–Crippen LogP) is 11.1. The van der Waals surface area contributed by atoms with Crippen LogP contribution in [0, 0.1) is 11.8 Å². The van der Waals surface area contributed by atoms with Crippen molar-refractivity contribution in [2.24, 2.45) is 0 Å². The molecule has 0 aliphatic heterocycles. The summed E-state index contributed by atoms with van der Waals surface area (Å²) in [5.41, 5.74) is 0.814. The van der Waals surface area contributed by atoms with Crippen LogP contribution in [0.2, 0.25) is 0 Å². The van der Waals surface area contributed by atoms with E-state index in [0.717, 1.165) is 75.0 Å². The Hall–Kier alpha value is -4.09. The molecule has 3 saturated carbocycles. The number of unbranched alkanes of at least 4 members (excludes halogenated alkanes) is 13. The molecular formula is C48H66O8. The zero-order chi connectivity index (χ0) is 39.9. The zero-order valence-corrected chi connectivity index (χ0v) is 34.3. The summed E-state index contributed by atoms with van der Waals surface area (Å²) < 4.78 is 29.0. The number of esters is 2. The van der Waals surface area contributed by atoms with Gasteiger partial charge < -0.3 is 23.7 Å². The van der Waals surface area contributed by atoms with Gasteiger partial charge in [0, 0.05) is 31.6 Å². The molecule has 56 heavy (non-hydrogen) atoms. The molecule has 0 radical (unpaired) electrons. The van der Waals surface area contributed by atoms with Crippen LogP contribution in [-0.4, -0.2) is 55.9 Å². The van der Waals surface area contributed by atoms with E-state index in [-0.39, 0.29) is 11.8 Å². The lowest BCUT2D eigenvalue weighted by Gasteiger charge is -2.51. The fourth-order valence-electron chi connectivity index (χ4n) is 7.62. The van der Waals surface area contributed by atoms with Crippen LogP contribution in [0.5, 0.6) is 11.5 Å². The number of allylic oxidation sites excluding steroid dienone is 1. The minimum absolute atomic E-state index is 0.171. The fourth-order valence-corrected chi connectivity index (χ4v) is 7.62. The maximum atomic E-state index is 13.1. The summed E-state index contributed by atoms with van der Waals surface area (Å²) >= 11 is 0. The van der Waals surface area contributed by atoms with Crippen molar-refractivity contribution in [3.8, 4) is 23.3 Å². The maximum Gasteiger partial charge on any atom is 0.385 e. The molecule has 0 atom stereocenters. The van der Waals surface area contributed by atoms with E-state index in [9.17, 15) is 14.4 Å². The number of hydrogen-bond donors (Lipinski definition) is 0. The van der Waals surface area contributed by atoms with Crippen LogP contribution in [-0.2, 0) is 23.8 Å². The van der Waals surface area contributed by atoms with Crippen LogP contribution in [0.25, 0.3) is 0 Å². The number of ketones is 1. The molecule has 0 aromatic heterocycles. The van der Waals surface area contributed by atoms with Crippen molar-refractivity contribution in [3.63, 3.8) is 0 Å². The quantitative estimate of drug-likeness (QED) is 0.0383. The van der Waals surface area contributed by atoms with Crippen LogP contribution in [0.15, 0.2) is 60.7 Å². The number of Topliss-reactive ketones (excluding diaryl/α,β-unsaturated/α-hetero) is 1. The number of carbonyl (C=O) groups excluding carboxylic acids is 3. The number of benzene rings is 2. The Kier molecular flexibility index (Phi) is 19.5. The van der Waals surface area contributed by atoms with E-state index in [1.165, 1.54) is 44.9 Å². The van der Waals surface area contributed by atoms with Crippen molar-refractivity contribution in [1.29, 1.82) is 0 Å². The second-order valence-corrected chi connectivity index (χ2v) is 15.9. The molecule has 3 aliphatic carbocycles. The van der Waals surface area contributed by atoms with Crippen molar-refractivity contribution < 1.29 is 38.1 Å². The highest BCUT2D eigenvalue weighted by Crippen LogP contribution is 2.51. The Labute approximate surface area is 336 Å². The summed E-state index contributed by atoms with van der Waals surface area (Å²) in [5, 5.41) is 0. The minimum atomic E-state index is -0.551. The van der Waals surface area contributed by atoms with Gasteiger partial charge in [0.05, 0.1) is 18.8 Å². The van der Waals surface area contributed by atoms with E-state index >= 15 is 0 Å². The summed E-state index contributed by atoms with van der Waals surface area (Å²) in [7, 11) is 1.76. The number of methoxy groups -OCH3 is 1.